The number of amides is 2. The fourth-order valence-electron chi connectivity index (χ4n) is 3.44. The molecule has 0 aromatic heterocycles. The molecule has 2 aliphatic heterocycles. The van der Waals surface area contributed by atoms with Crippen LogP contribution in [0.15, 0.2) is 36.4 Å². The Kier molecular flexibility index (Phi) is 6.58. The van der Waals surface area contributed by atoms with E-state index in [1.54, 1.807) is 12.2 Å². The van der Waals surface area contributed by atoms with E-state index in [0.717, 1.165) is 38.4 Å². The predicted octanol–water partition coefficient (Wildman–Crippen LogP) is 1.64. The molecular formula is C20H25FN2O4. The van der Waals surface area contributed by atoms with Crippen LogP contribution in [-0.2, 0) is 9.53 Å². The molecule has 1 fully saturated rings. The van der Waals surface area contributed by atoms with Crippen molar-refractivity contribution >= 4 is 11.8 Å². The lowest BCUT2D eigenvalue weighted by Gasteiger charge is -2.33. The Morgan fingerprint density at radius 3 is 2.70 bits per heavy atom. The summed E-state index contributed by atoms with van der Waals surface area (Å²) in [6.45, 7) is 1.27. The van der Waals surface area contributed by atoms with Gasteiger partial charge in [0.05, 0.1) is 25.2 Å². The van der Waals surface area contributed by atoms with Crippen molar-refractivity contribution in [2.24, 2.45) is 0 Å². The van der Waals surface area contributed by atoms with Crippen LogP contribution < -0.4 is 5.32 Å². The Labute approximate surface area is 158 Å². The minimum absolute atomic E-state index is 0.0447. The zero-order chi connectivity index (χ0) is 19.2. The van der Waals surface area contributed by atoms with E-state index in [1.165, 1.54) is 18.2 Å². The maximum Gasteiger partial charge on any atom is 0.251 e. The average Bonchev–Trinajstić information content (AvgIpc) is 2.69. The predicted molar refractivity (Wildman–Crippen MR) is 97.6 cm³/mol. The molecule has 1 saturated heterocycles. The van der Waals surface area contributed by atoms with Gasteiger partial charge < -0.3 is 20.1 Å². The summed E-state index contributed by atoms with van der Waals surface area (Å²) in [5.74, 6) is -0.898. The van der Waals surface area contributed by atoms with Crippen LogP contribution in [0.4, 0.5) is 4.39 Å². The van der Waals surface area contributed by atoms with E-state index in [1.807, 2.05) is 4.90 Å². The second kappa shape index (κ2) is 9.10. The highest BCUT2D eigenvalue weighted by Crippen LogP contribution is 2.19. The number of likely N-dealkylation sites (tertiary alicyclic amines) is 1. The van der Waals surface area contributed by atoms with Gasteiger partial charge in [-0.15, -0.1) is 0 Å². The van der Waals surface area contributed by atoms with Gasteiger partial charge in [-0.25, -0.2) is 4.39 Å². The number of benzene rings is 1. The van der Waals surface area contributed by atoms with Gasteiger partial charge in [-0.1, -0.05) is 18.2 Å². The van der Waals surface area contributed by atoms with Crippen molar-refractivity contribution < 1.29 is 23.8 Å². The number of carbonyl (C=O) groups excluding carboxylic acids is 2. The molecule has 2 heterocycles. The molecule has 0 unspecified atom stereocenters. The van der Waals surface area contributed by atoms with Crippen molar-refractivity contribution in [3.05, 3.63) is 47.8 Å². The van der Waals surface area contributed by atoms with Gasteiger partial charge in [0, 0.05) is 18.7 Å². The number of carbonyl (C=O) groups is 2. The highest BCUT2D eigenvalue weighted by molar-refractivity contribution is 5.94. The summed E-state index contributed by atoms with van der Waals surface area (Å²) >= 11 is 0. The van der Waals surface area contributed by atoms with Crippen molar-refractivity contribution in [1.29, 1.82) is 0 Å². The average molecular weight is 376 g/mol. The Hall–Kier alpha value is -2.25. The molecule has 7 heteroatoms. The fourth-order valence-corrected chi connectivity index (χ4v) is 3.44. The molecule has 0 saturated carbocycles. The van der Waals surface area contributed by atoms with E-state index in [2.05, 4.69) is 5.32 Å². The van der Waals surface area contributed by atoms with Gasteiger partial charge >= 0.3 is 0 Å². The van der Waals surface area contributed by atoms with Crippen LogP contribution in [0.1, 0.15) is 36.0 Å². The van der Waals surface area contributed by atoms with Gasteiger partial charge in [0.15, 0.2) is 0 Å². The van der Waals surface area contributed by atoms with Gasteiger partial charge in [0.2, 0.25) is 5.91 Å². The SMILES string of the molecule is O=C(N[C@@H]1C=C[C@H](CC(=O)N2CCCCC2)O[C@@H]1CO)c1cccc(F)c1. The second-order valence-corrected chi connectivity index (χ2v) is 6.94. The molecule has 27 heavy (non-hydrogen) atoms. The Balaban J connectivity index is 1.59. The van der Waals surface area contributed by atoms with Crippen LogP contribution in [0.25, 0.3) is 0 Å². The summed E-state index contributed by atoms with van der Waals surface area (Å²) in [6.07, 6.45) is 5.81. The first-order chi connectivity index (χ1) is 13.1. The molecule has 2 aliphatic rings. The van der Waals surface area contributed by atoms with Gasteiger partial charge in [0.1, 0.15) is 11.9 Å². The molecule has 146 valence electrons. The molecule has 3 atom stereocenters. The molecule has 1 aromatic rings. The fraction of sp³-hybridized carbons (Fsp3) is 0.500. The molecule has 1 aromatic carbocycles. The van der Waals surface area contributed by atoms with E-state index < -0.39 is 30.0 Å². The van der Waals surface area contributed by atoms with Crippen molar-refractivity contribution in [2.45, 2.75) is 43.9 Å². The lowest BCUT2D eigenvalue weighted by Crippen LogP contribution is -2.49. The number of aliphatic hydroxyl groups excluding tert-OH is 1. The summed E-state index contributed by atoms with van der Waals surface area (Å²) in [7, 11) is 0. The molecule has 0 radical (unpaired) electrons. The molecule has 0 spiro atoms. The van der Waals surface area contributed by atoms with Gasteiger partial charge in [-0.2, -0.15) is 0 Å². The molecular weight excluding hydrogens is 351 g/mol. The standard InChI is InChI=1S/C20H25FN2O4/c21-15-6-4-5-14(11-15)20(26)22-17-8-7-16(27-18(17)13-24)12-19(25)23-9-2-1-3-10-23/h4-8,11,16-18,24H,1-3,9-10,12-13H2,(H,22,26)/t16-,17-,18-/m1/s1. The molecule has 6 nitrogen and oxygen atoms in total. The topological polar surface area (TPSA) is 78.9 Å². The van der Waals surface area contributed by atoms with E-state index in [4.69, 9.17) is 4.74 Å². The molecule has 3 rings (SSSR count). The van der Waals surface area contributed by atoms with Crippen molar-refractivity contribution in [3.63, 3.8) is 0 Å². The Morgan fingerprint density at radius 1 is 1.22 bits per heavy atom. The maximum absolute atomic E-state index is 13.3. The Bertz CT molecular complexity index is 703. The summed E-state index contributed by atoms with van der Waals surface area (Å²) in [5.41, 5.74) is 0.197. The quantitative estimate of drug-likeness (QED) is 0.766. The van der Waals surface area contributed by atoms with Crippen LogP contribution in [0, 0.1) is 5.82 Å². The van der Waals surface area contributed by atoms with Gasteiger partial charge in [0.25, 0.3) is 5.91 Å². The second-order valence-electron chi connectivity index (χ2n) is 6.94. The van der Waals surface area contributed by atoms with Crippen LogP contribution in [0.5, 0.6) is 0 Å². The van der Waals surface area contributed by atoms with Crippen LogP contribution in [0.2, 0.25) is 0 Å². The third-order valence-corrected chi connectivity index (χ3v) is 4.93. The molecule has 0 aliphatic carbocycles. The number of aliphatic hydroxyl groups is 1. The number of hydrogen-bond donors (Lipinski definition) is 2. The summed E-state index contributed by atoms with van der Waals surface area (Å²) < 4.78 is 19.1. The number of piperidine rings is 1. The number of ether oxygens (including phenoxy) is 1. The normalized spacial score (nSPS) is 25.3. The minimum Gasteiger partial charge on any atom is -0.394 e. The van der Waals surface area contributed by atoms with Crippen molar-refractivity contribution in [3.8, 4) is 0 Å². The smallest absolute Gasteiger partial charge is 0.251 e. The largest absolute Gasteiger partial charge is 0.394 e. The van der Waals surface area contributed by atoms with Crippen LogP contribution in [-0.4, -0.2) is 59.8 Å². The first kappa shape index (κ1) is 19.5. The molecule has 0 bridgehead atoms. The third-order valence-electron chi connectivity index (χ3n) is 4.93. The first-order valence-corrected chi connectivity index (χ1v) is 9.35. The lowest BCUT2D eigenvalue weighted by atomic mass is 10.0. The van der Waals surface area contributed by atoms with Crippen LogP contribution >= 0.6 is 0 Å². The van der Waals surface area contributed by atoms with Gasteiger partial charge in [-0.05, 0) is 37.5 Å². The minimum atomic E-state index is -0.660. The first-order valence-electron chi connectivity index (χ1n) is 9.35. The highest BCUT2D eigenvalue weighted by Gasteiger charge is 2.30. The van der Waals surface area contributed by atoms with E-state index in [-0.39, 0.29) is 24.5 Å². The number of hydrogen-bond acceptors (Lipinski definition) is 4. The van der Waals surface area contributed by atoms with E-state index in [0.29, 0.717) is 0 Å². The molecule has 2 N–H and O–H groups in total. The van der Waals surface area contributed by atoms with Crippen molar-refractivity contribution in [2.75, 3.05) is 19.7 Å². The lowest BCUT2D eigenvalue weighted by molar-refractivity contribution is -0.136. The number of rotatable bonds is 5. The number of nitrogens with one attached hydrogen (secondary N) is 1. The maximum atomic E-state index is 13.3. The Morgan fingerprint density at radius 2 is 2.00 bits per heavy atom. The number of nitrogens with zero attached hydrogens (tertiary/aromatic N) is 1. The van der Waals surface area contributed by atoms with E-state index >= 15 is 0 Å². The summed E-state index contributed by atoms with van der Waals surface area (Å²) in [4.78, 5) is 26.5. The summed E-state index contributed by atoms with van der Waals surface area (Å²) in [6, 6.07) is 4.84. The molecule has 2 amide bonds. The number of halogens is 1. The summed E-state index contributed by atoms with van der Waals surface area (Å²) in [5, 5.41) is 12.4. The zero-order valence-electron chi connectivity index (χ0n) is 15.1. The van der Waals surface area contributed by atoms with Gasteiger partial charge in [-0.3, -0.25) is 9.59 Å². The third kappa shape index (κ3) is 5.14. The van der Waals surface area contributed by atoms with E-state index in [9.17, 15) is 19.1 Å². The zero-order valence-corrected chi connectivity index (χ0v) is 15.1. The monoisotopic (exact) mass is 376 g/mol. The van der Waals surface area contributed by atoms with Crippen molar-refractivity contribution in [1.82, 2.24) is 10.2 Å². The van der Waals surface area contributed by atoms with Crippen LogP contribution in [0.3, 0.4) is 0 Å². The highest BCUT2D eigenvalue weighted by atomic mass is 19.1.